The third-order valence-electron chi connectivity index (χ3n) is 12.0. The highest BCUT2D eigenvalue weighted by Gasteiger charge is 2.30. The molecule has 0 aromatic carbocycles. The van der Waals surface area contributed by atoms with E-state index in [0.717, 1.165) is 89.3 Å². The van der Waals surface area contributed by atoms with E-state index in [4.69, 9.17) is 29.4 Å². The fourth-order valence-electron chi connectivity index (χ4n) is 9.11. The summed E-state index contributed by atoms with van der Waals surface area (Å²) < 4.78 is 15.7. The Morgan fingerprint density at radius 1 is 0.596 bits per heavy atom. The first-order chi connectivity index (χ1) is 24.2. The van der Waals surface area contributed by atoms with Gasteiger partial charge < -0.3 is 19.7 Å². The van der Waals surface area contributed by atoms with Gasteiger partial charge in [0, 0.05) is 63.5 Å². The van der Waals surface area contributed by atoms with E-state index in [1.54, 1.807) is 0 Å². The lowest BCUT2D eigenvalue weighted by Crippen LogP contribution is -2.29. The number of fused-ring (bicyclic) bond motifs is 6. The number of hydrogen-bond donors (Lipinski definition) is 1. The summed E-state index contributed by atoms with van der Waals surface area (Å²) in [5.74, 6) is 2.39. The molecule has 0 amide bonds. The van der Waals surface area contributed by atoms with Crippen molar-refractivity contribution in [2.45, 2.75) is 98.3 Å². The van der Waals surface area contributed by atoms with Crippen molar-refractivity contribution in [3.63, 3.8) is 0 Å². The molecule has 282 valence electrons. The molecule has 8 heterocycles. The maximum Gasteiger partial charge on any atom is 0.156 e. The maximum absolute atomic E-state index is 5.56. The molecule has 4 fully saturated rings. The second-order valence-electron chi connectivity index (χ2n) is 15.0. The Balaban J connectivity index is 0.000000169. The van der Waals surface area contributed by atoms with Gasteiger partial charge in [-0.15, -0.1) is 0 Å². The molecule has 0 saturated carbocycles. The van der Waals surface area contributed by atoms with E-state index in [2.05, 4.69) is 50.6 Å². The molecule has 52 heavy (non-hydrogen) atoms. The summed E-state index contributed by atoms with van der Waals surface area (Å²) in [5, 5.41) is 3.44. The molecule has 10 nitrogen and oxygen atoms in total. The van der Waals surface area contributed by atoms with Crippen molar-refractivity contribution >= 4 is 22.4 Å². The van der Waals surface area contributed by atoms with Crippen LogP contribution in [0.4, 0.5) is 0 Å². The molecule has 0 spiro atoms. The smallest absolute Gasteiger partial charge is 0.156 e. The fourth-order valence-corrected chi connectivity index (χ4v) is 9.11. The maximum atomic E-state index is 5.56. The third kappa shape index (κ3) is 7.36. The summed E-state index contributed by atoms with van der Waals surface area (Å²) in [7, 11) is 2.21. The van der Waals surface area contributed by atoms with Crippen LogP contribution in [0.3, 0.4) is 0 Å². The van der Waals surface area contributed by atoms with Crippen LogP contribution in [0.5, 0.6) is 0 Å². The van der Waals surface area contributed by atoms with Gasteiger partial charge in [-0.1, -0.05) is 34.4 Å². The molecular formula is C42H62N8O2. The second-order valence-corrected chi connectivity index (χ2v) is 15.0. The van der Waals surface area contributed by atoms with Crippen LogP contribution in [0.25, 0.3) is 22.4 Å². The molecule has 6 aliphatic rings. The van der Waals surface area contributed by atoms with Gasteiger partial charge in [0.1, 0.15) is 0 Å². The summed E-state index contributed by atoms with van der Waals surface area (Å²) in [4.78, 5) is 21.7. The van der Waals surface area contributed by atoms with Crippen LogP contribution in [0.2, 0.25) is 0 Å². The van der Waals surface area contributed by atoms with Gasteiger partial charge in [0.15, 0.2) is 11.3 Å². The van der Waals surface area contributed by atoms with Crippen LogP contribution in [0, 0.1) is 11.8 Å². The highest BCUT2D eigenvalue weighted by molar-refractivity contribution is 5.74. The standard InChI is InChI=1S/C20H26N4O.C19H24N4O.3CH4/c1-23-8-4-15(5-9-23)18-13-24-19(22-18)12-21-17-3-2-16(20(17)24)14-6-10-25-11-7-14;1-2-16-19(15(1)13-5-9-24-10-6-13)23-12-17(22-18(23)11-21-16)14-3-7-20-8-4-14;;;/h2,12-15H,3-11H2,1H3;1,11-14,20H,2-10H2;3*1H4. The van der Waals surface area contributed by atoms with Gasteiger partial charge in [-0.3, -0.25) is 18.8 Å². The van der Waals surface area contributed by atoms with E-state index in [-0.39, 0.29) is 22.3 Å². The number of imidazole rings is 2. The van der Waals surface area contributed by atoms with E-state index in [9.17, 15) is 0 Å². The summed E-state index contributed by atoms with van der Waals surface area (Å²) in [6.45, 7) is 8.06. The van der Waals surface area contributed by atoms with Gasteiger partial charge >= 0.3 is 0 Å². The predicted molar refractivity (Wildman–Crippen MR) is 211 cm³/mol. The number of ether oxygens (including phenoxy) is 2. The lowest BCUT2D eigenvalue weighted by atomic mass is 9.90. The predicted octanol–water partition coefficient (Wildman–Crippen LogP) is 7.38. The summed E-state index contributed by atoms with van der Waals surface area (Å²) in [6, 6.07) is 0. The van der Waals surface area contributed by atoms with Crippen molar-refractivity contribution in [1.82, 2.24) is 39.0 Å². The molecular weight excluding hydrogens is 649 g/mol. The second kappa shape index (κ2) is 16.7. The Morgan fingerprint density at radius 2 is 1.04 bits per heavy atom. The average Bonchev–Trinajstić information content (AvgIpc) is 3.97. The highest BCUT2D eigenvalue weighted by atomic mass is 16.5. The minimum atomic E-state index is 0. The molecule has 0 unspecified atom stereocenters. The summed E-state index contributed by atoms with van der Waals surface area (Å²) >= 11 is 0. The Kier molecular flexibility index (Phi) is 12.3. The zero-order valence-electron chi connectivity index (χ0n) is 28.9. The minimum absolute atomic E-state index is 0. The summed E-state index contributed by atoms with van der Waals surface area (Å²) in [5.41, 5.74) is 12.5. The van der Waals surface area contributed by atoms with Gasteiger partial charge in [0.05, 0.1) is 46.6 Å². The number of likely N-dealkylation sites (tertiary alicyclic amines) is 1. The molecule has 2 aliphatic carbocycles. The number of nitrogens with one attached hydrogen (secondary N) is 1. The van der Waals surface area contributed by atoms with Gasteiger partial charge in [0.2, 0.25) is 0 Å². The number of piperidine rings is 2. The Bertz CT molecular complexity index is 1870. The van der Waals surface area contributed by atoms with Gasteiger partial charge in [0.25, 0.3) is 0 Å². The monoisotopic (exact) mass is 710 g/mol. The molecule has 4 saturated heterocycles. The van der Waals surface area contributed by atoms with Crippen molar-refractivity contribution in [1.29, 1.82) is 0 Å². The lowest BCUT2D eigenvalue weighted by molar-refractivity contribution is 0.0806. The molecule has 1 N–H and O–H groups in total. The van der Waals surface area contributed by atoms with Crippen LogP contribution in [-0.4, -0.2) is 93.3 Å². The van der Waals surface area contributed by atoms with Gasteiger partial charge in [-0.25, -0.2) is 9.97 Å². The largest absolute Gasteiger partial charge is 0.381 e. The van der Waals surface area contributed by atoms with E-state index < -0.39 is 0 Å². The number of allylic oxidation sites excluding steroid dienone is 4. The molecule has 10 rings (SSSR count). The van der Waals surface area contributed by atoms with Crippen LogP contribution in [0.1, 0.15) is 120 Å². The van der Waals surface area contributed by atoms with E-state index in [1.165, 1.54) is 84.1 Å². The quantitative estimate of drug-likeness (QED) is 0.235. The first kappa shape index (κ1) is 38.3. The van der Waals surface area contributed by atoms with Crippen molar-refractivity contribution in [3.8, 4) is 0 Å². The Morgan fingerprint density at radius 3 is 1.50 bits per heavy atom. The third-order valence-corrected chi connectivity index (χ3v) is 12.0. The van der Waals surface area contributed by atoms with Crippen LogP contribution >= 0.6 is 0 Å². The summed E-state index contributed by atoms with van der Waals surface area (Å²) in [6.07, 6.45) is 24.4. The van der Waals surface area contributed by atoms with Gasteiger partial charge in [-0.05, 0) is 108 Å². The van der Waals surface area contributed by atoms with Crippen molar-refractivity contribution in [2.75, 3.05) is 59.7 Å². The fraction of sp³-hybridized carbons (Fsp3) is 0.619. The van der Waals surface area contributed by atoms with Crippen LogP contribution in [-0.2, 0) is 22.3 Å². The topological polar surface area (TPSA) is 94.1 Å². The van der Waals surface area contributed by atoms with Crippen molar-refractivity contribution in [2.24, 2.45) is 11.8 Å². The normalized spacial score (nSPS) is 21.6. The molecule has 4 aliphatic heterocycles. The van der Waals surface area contributed by atoms with Crippen LogP contribution in [0.15, 0.2) is 36.9 Å². The molecule has 4 aromatic rings. The lowest BCUT2D eigenvalue weighted by Gasteiger charge is -2.27. The Labute approximate surface area is 311 Å². The molecule has 0 radical (unpaired) electrons. The molecule has 10 heteroatoms. The number of aromatic nitrogens is 6. The minimum Gasteiger partial charge on any atom is -0.381 e. The molecule has 0 bridgehead atoms. The number of hydrogen-bond acceptors (Lipinski definition) is 8. The Hall–Kier alpha value is -3.44. The zero-order chi connectivity index (χ0) is 32.7. The highest BCUT2D eigenvalue weighted by Crippen LogP contribution is 2.39. The first-order valence-electron chi connectivity index (χ1n) is 18.9. The first-order valence-corrected chi connectivity index (χ1v) is 18.9. The van der Waals surface area contributed by atoms with E-state index >= 15 is 0 Å². The number of rotatable bonds is 4. The molecule has 0 atom stereocenters. The van der Waals surface area contributed by atoms with Gasteiger partial charge in [-0.2, -0.15) is 0 Å². The van der Waals surface area contributed by atoms with Crippen molar-refractivity contribution < 1.29 is 9.47 Å². The average molecular weight is 711 g/mol. The SMILES string of the molecule is C.C.C.C1=C(C2CCOCC2)c2c(ncc3nc(C4CCNCC4)cn23)C1.CN1CCC(c2cn3c4c(ncc3n2)CC=C4C2CCOCC2)CC1. The van der Waals surface area contributed by atoms with Crippen LogP contribution < -0.4 is 5.32 Å². The number of nitrogens with zero attached hydrogens (tertiary/aromatic N) is 7. The molecule has 4 aromatic heterocycles. The zero-order valence-corrected chi connectivity index (χ0v) is 28.9. The van der Waals surface area contributed by atoms with E-state index in [1.807, 2.05) is 12.4 Å². The van der Waals surface area contributed by atoms with Crippen molar-refractivity contribution in [3.05, 3.63) is 71.1 Å². The van der Waals surface area contributed by atoms with E-state index in [0.29, 0.717) is 23.7 Å².